The zero-order chi connectivity index (χ0) is 15.3. The van der Waals surface area contributed by atoms with E-state index < -0.39 is 34.9 Å². The van der Waals surface area contributed by atoms with Crippen LogP contribution >= 0.6 is 11.3 Å². The maximum Gasteiger partial charge on any atom is 0.311 e. The molecule has 0 aliphatic carbocycles. The zero-order valence-electron chi connectivity index (χ0n) is 11.1. The Morgan fingerprint density at radius 1 is 1.57 bits per heavy atom. The molecule has 3 heterocycles. The highest BCUT2D eigenvalue weighted by molar-refractivity contribution is 7.16. The lowest BCUT2D eigenvalue weighted by Crippen LogP contribution is -2.32. The van der Waals surface area contributed by atoms with Crippen molar-refractivity contribution in [3.63, 3.8) is 0 Å². The van der Waals surface area contributed by atoms with E-state index in [0.717, 1.165) is 11.3 Å². The van der Waals surface area contributed by atoms with Crippen LogP contribution < -0.4 is 21.9 Å². The molecule has 1 aliphatic heterocycles. The summed E-state index contributed by atoms with van der Waals surface area (Å²) in [6.45, 7) is 1.59. The van der Waals surface area contributed by atoms with E-state index in [1.807, 2.05) is 0 Å². The number of nitrogens with zero attached hydrogens (tertiary/aromatic N) is 2. The van der Waals surface area contributed by atoms with Crippen molar-refractivity contribution in [2.45, 2.75) is 37.8 Å². The van der Waals surface area contributed by atoms with Crippen molar-refractivity contribution < 1.29 is 9.84 Å². The molecule has 1 aliphatic rings. The second-order valence-corrected chi connectivity index (χ2v) is 6.01. The molecule has 21 heavy (non-hydrogen) atoms. The fourth-order valence-corrected chi connectivity index (χ4v) is 3.30. The summed E-state index contributed by atoms with van der Waals surface area (Å²) in [7, 11) is 0. The van der Waals surface area contributed by atoms with Crippen molar-refractivity contribution in [1.29, 1.82) is 0 Å². The monoisotopic (exact) mass is 313 g/mol. The first-order valence-corrected chi connectivity index (χ1v) is 7.20. The van der Waals surface area contributed by atoms with Gasteiger partial charge in [0.25, 0.3) is 5.56 Å². The Balaban J connectivity index is 2.15. The molecule has 114 valence electrons. The second kappa shape index (κ2) is 4.91. The summed E-state index contributed by atoms with van der Waals surface area (Å²) in [5.74, 6) is -0.0855. The number of H-pyrrole nitrogens is 1. The normalized spacial score (nSPS) is 27.3. The number of nitrogens with two attached hydrogens (primary N) is 2. The van der Waals surface area contributed by atoms with Crippen LogP contribution in [0.1, 0.15) is 19.6 Å². The minimum Gasteiger partial charge on any atom is -0.391 e. The number of ether oxygens (including phenoxy) is 1. The molecule has 4 atom stereocenters. The zero-order valence-corrected chi connectivity index (χ0v) is 12.0. The lowest BCUT2D eigenvalue weighted by molar-refractivity contribution is -0.0542. The molecule has 2 aromatic heterocycles. The highest BCUT2D eigenvalue weighted by Crippen LogP contribution is 2.30. The number of hydrogen-bond acceptors (Lipinski definition) is 8. The van der Waals surface area contributed by atoms with Crippen LogP contribution in [-0.2, 0) is 4.74 Å². The average molecular weight is 313 g/mol. The van der Waals surface area contributed by atoms with Gasteiger partial charge >= 0.3 is 4.87 Å². The molecular formula is C11H15N5O4S. The molecule has 0 radical (unpaired) electrons. The SMILES string of the molecule is CC(O)[C@@H]1C[C@@H](N)[C@H](n2c(=O)sc3c(=O)[nH]c(N)nc32)O1. The molecule has 0 amide bonds. The number of aromatic amines is 1. The number of nitrogens with one attached hydrogen (secondary N) is 1. The first-order chi connectivity index (χ1) is 9.88. The molecule has 1 unspecified atom stereocenters. The highest BCUT2D eigenvalue weighted by Gasteiger charge is 2.38. The Morgan fingerprint density at radius 3 is 2.90 bits per heavy atom. The summed E-state index contributed by atoms with van der Waals surface area (Å²) in [5, 5.41) is 9.60. The molecule has 0 aromatic carbocycles. The van der Waals surface area contributed by atoms with Crippen LogP contribution in [0.2, 0.25) is 0 Å². The Labute approximate surface area is 122 Å². The van der Waals surface area contributed by atoms with Crippen molar-refractivity contribution in [3.05, 3.63) is 20.0 Å². The Bertz CT molecular complexity index is 794. The van der Waals surface area contributed by atoms with E-state index in [4.69, 9.17) is 16.2 Å². The van der Waals surface area contributed by atoms with Gasteiger partial charge in [0.1, 0.15) is 4.70 Å². The molecule has 3 rings (SSSR count). The van der Waals surface area contributed by atoms with E-state index in [9.17, 15) is 14.7 Å². The molecule has 1 saturated heterocycles. The molecule has 10 heteroatoms. The molecule has 0 spiro atoms. The van der Waals surface area contributed by atoms with E-state index >= 15 is 0 Å². The summed E-state index contributed by atoms with van der Waals surface area (Å²) in [6, 6.07) is -0.484. The Hall–Kier alpha value is -1.75. The molecule has 0 saturated carbocycles. The van der Waals surface area contributed by atoms with E-state index in [1.54, 1.807) is 6.92 Å². The third-order valence-corrected chi connectivity index (χ3v) is 4.41. The number of thiazole rings is 1. The number of nitrogen functional groups attached to an aromatic ring is 1. The van der Waals surface area contributed by atoms with Gasteiger partial charge in [0.15, 0.2) is 11.9 Å². The quantitative estimate of drug-likeness (QED) is 0.539. The first kappa shape index (κ1) is 14.2. The van der Waals surface area contributed by atoms with Gasteiger partial charge in [-0.25, -0.2) is 0 Å². The maximum absolute atomic E-state index is 12.2. The van der Waals surface area contributed by atoms with E-state index in [0.29, 0.717) is 6.42 Å². The Morgan fingerprint density at radius 2 is 2.29 bits per heavy atom. The second-order valence-electron chi connectivity index (χ2n) is 5.05. The largest absolute Gasteiger partial charge is 0.391 e. The van der Waals surface area contributed by atoms with Crippen LogP contribution in [0.5, 0.6) is 0 Å². The van der Waals surface area contributed by atoms with Crippen LogP contribution in [0.25, 0.3) is 10.3 Å². The van der Waals surface area contributed by atoms with Gasteiger partial charge in [-0.3, -0.25) is 19.1 Å². The summed E-state index contributed by atoms with van der Waals surface area (Å²) >= 11 is 0.760. The molecule has 9 nitrogen and oxygen atoms in total. The average Bonchev–Trinajstić information content (AvgIpc) is 2.90. The lowest BCUT2D eigenvalue weighted by atomic mass is 10.1. The summed E-state index contributed by atoms with van der Waals surface area (Å²) < 4.78 is 7.06. The molecule has 6 N–H and O–H groups in total. The van der Waals surface area contributed by atoms with Gasteiger partial charge in [-0.15, -0.1) is 0 Å². The fourth-order valence-electron chi connectivity index (χ4n) is 2.45. The number of aliphatic hydroxyl groups is 1. The van der Waals surface area contributed by atoms with Crippen molar-refractivity contribution in [3.8, 4) is 0 Å². The van der Waals surface area contributed by atoms with Crippen LogP contribution in [0.4, 0.5) is 5.95 Å². The topological polar surface area (TPSA) is 149 Å². The number of anilines is 1. The van der Waals surface area contributed by atoms with E-state index in [1.165, 1.54) is 4.57 Å². The third-order valence-electron chi connectivity index (χ3n) is 3.47. The minimum atomic E-state index is -0.778. The van der Waals surface area contributed by atoms with E-state index in [-0.39, 0.29) is 16.3 Å². The molecular weight excluding hydrogens is 298 g/mol. The summed E-state index contributed by atoms with van der Waals surface area (Å²) in [5.41, 5.74) is 11.2. The number of fused-ring (bicyclic) bond motifs is 1. The minimum absolute atomic E-state index is 0.0855. The van der Waals surface area contributed by atoms with Crippen molar-refractivity contribution in [2.75, 3.05) is 5.73 Å². The van der Waals surface area contributed by atoms with Gasteiger partial charge < -0.3 is 21.3 Å². The summed E-state index contributed by atoms with van der Waals surface area (Å²) in [4.78, 5) is 29.9. The van der Waals surface area contributed by atoms with E-state index in [2.05, 4.69) is 9.97 Å². The highest BCUT2D eigenvalue weighted by atomic mass is 32.1. The number of aliphatic hydroxyl groups excluding tert-OH is 1. The number of rotatable bonds is 2. The lowest BCUT2D eigenvalue weighted by Gasteiger charge is -2.17. The molecule has 0 bridgehead atoms. The number of hydrogen-bond donors (Lipinski definition) is 4. The van der Waals surface area contributed by atoms with Gasteiger partial charge in [-0.2, -0.15) is 4.98 Å². The fraction of sp³-hybridized carbons (Fsp3) is 0.545. The van der Waals surface area contributed by atoms with Crippen molar-refractivity contribution in [2.24, 2.45) is 5.73 Å². The molecule has 2 aromatic rings. The van der Waals surface area contributed by atoms with Crippen LogP contribution in [0.3, 0.4) is 0 Å². The predicted molar refractivity (Wildman–Crippen MR) is 77.1 cm³/mol. The van der Waals surface area contributed by atoms with Gasteiger partial charge in [0, 0.05) is 0 Å². The smallest absolute Gasteiger partial charge is 0.311 e. The van der Waals surface area contributed by atoms with Crippen LogP contribution in [0, 0.1) is 0 Å². The molecule has 1 fully saturated rings. The maximum atomic E-state index is 12.2. The Kier molecular flexibility index (Phi) is 3.32. The van der Waals surface area contributed by atoms with Gasteiger partial charge in [-0.1, -0.05) is 11.3 Å². The standard InChI is InChI=1S/C11H15N5O4S/c1-3(17)5-2-4(12)9(20-5)16-7-6(21-11(16)19)8(18)15-10(13)14-7/h3-5,9,17H,2,12H2,1H3,(H3,13,14,15,18)/t3?,4-,5+,9-/m1/s1. The first-order valence-electron chi connectivity index (χ1n) is 6.38. The predicted octanol–water partition coefficient (Wildman–Crippen LogP) is -1.28. The van der Waals surface area contributed by atoms with Crippen LogP contribution in [0.15, 0.2) is 9.59 Å². The van der Waals surface area contributed by atoms with Crippen molar-refractivity contribution >= 4 is 27.6 Å². The van der Waals surface area contributed by atoms with Crippen molar-refractivity contribution in [1.82, 2.24) is 14.5 Å². The number of aromatic nitrogens is 3. The summed E-state index contributed by atoms with van der Waals surface area (Å²) in [6.07, 6.45) is -1.54. The van der Waals surface area contributed by atoms with Gasteiger partial charge in [0.2, 0.25) is 5.95 Å². The van der Waals surface area contributed by atoms with Gasteiger partial charge in [-0.05, 0) is 13.3 Å². The third kappa shape index (κ3) is 2.25. The van der Waals surface area contributed by atoms with Crippen LogP contribution in [-0.4, -0.2) is 37.9 Å². The van der Waals surface area contributed by atoms with Gasteiger partial charge in [0.05, 0.1) is 18.2 Å².